The van der Waals surface area contributed by atoms with Crippen LogP contribution < -0.4 is 11.0 Å². The maximum Gasteiger partial charge on any atom is 0.198 e. The summed E-state index contributed by atoms with van der Waals surface area (Å²) in [7, 11) is 0. The Kier molecular flexibility index (Phi) is 0.968. The summed E-state index contributed by atoms with van der Waals surface area (Å²) in [6.45, 7) is 0. The monoisotopic (exact) mass is 162 g/mol. The highest BCUT2D eigenvalue weighted by Crippen LogP contribution is 2.22. The first-order chi connectivity index (χ1) is 5.95. The van der Waals surface area contributed by atoms with Gasteiger partial charge in [-0.1, -0.05) is 11.7 Å². The highest BCUT2D eigenvalue weighted by atomic mass is 16.7. The van der Waals surface area contributed by atoms with E-state index in [1.807, 2.05) is 12.2 Å². The van der Waals surface area contributed by atoms with Crippen LogP contribution in [0.25, 0.3) is 0 Å². The Labute approximate surface area is 68.5 Å². The third kappa shape index (κ3) is 0.609. The summed E-state index contributed by atoms with van der Waals surface area (Å²) in [5.74, 6) is 0.750. The summed E-state index contributed by atoms with van der Waals surface area (Å²) >= 11 is 0. The molecule has 0 saturated carbocycles. The van der Waals surface area contributed by atoms with Gasteiger partial charge in [-0.3, -0.25) is 10.4 Å². The Bertz CT molecular complexity index is 352. The fourth-order valence-corrected chi connectivity index (χ4v) is 1.39. The molecule has 0 radical (unpaired) electrons. The highest BCUT2D eigenvalue weighted by Gasteiger charge is 2.30. The quantitative estimate of drug-likeness (QED) is 0.512. The number of rotatable bonds is 0. The average Bonchev–Trinajstić information content (AvgIpc) is 2.71. The van der Waals surface area contributed by atoms with E-state index >= 15 is 0 Å². The first-order valence-electron chi connectivity index (χ1n) is 3.65. The van der Waals surface area contributed by atoms with Gasteiger partial charge in [0, 0.05) is 0 Å². The Balaban J connectivity index is 2.12. The molecule has 0 aromatic rings. The molecule has 12 heavy (non-hydrogen) atoms. The number of hydrogen-bond donors (Lipinski definition) is 2. The van der Waals surface area contributed by atoms with E-state index < -0.39 is 0 Å². The van der Waals surface area contributed by atoms with Crippen molar-refractivity contribution in [2.75, 3.05) is 0 Å². The largest absolute Gasteiger partial charge is 0.385 e. The smallest absolute Gasteiger partial charge is 0.198 e. The summed E-state index contributed by atoms with van der Waals surface area (Å²) in [5.41, 5.74) is 7.20. The number of aliphatic imine (C=N–C) groups is 2. The third-order valence-corrected chi connectivity index (χ3v) is 1.97. The number of fused-ring (bicyclic) bond motifs is 2. The van der Waals surface area contributed by atoms with E-state index in [-0.39, 0.29) is 6.04 Å². The fraction of sp³-hybridized carbons (Fsp3) is 0.143. The lowest BCUT2D eigenvalue weighted by atomic mass is 10.0. The van der Waals surface area contributed by atoms with Crippen molar-refractivity contribution < 1.29 is 4.84 Å². The van der Waals surface area contributed by atoms with Gasteiger partial charge < -0.3 is 4.84 Å². The molecule has 3 aliphatic rings. The lowest BCUT2D eigenvalue weighted by Gasteiger charge is -2.10. The highest BCUT2D eigenvalue weighted by molar-refractivity contribution is 6.11. The molecular weight excluding hydrogens is 156 g/mol. The minimum Gasteiger partial charge on any atom is -0.385 e. The minimum atomic E-state index is 0.0467. The molecule has 5 heteroatoms. The summed E-state index contributed by atoms with van der Waals surface area (Å²) in [4.78, 5) is 13.4. The molecule has 0 spiro atoms. The molecule has 5 nitrogen and oxygen atoms in total. The zero-order valence-electron chi connectivity index (χ0n) is 6.11. The van der Waals surface area contributed by atoms with Crippen LogP contribution >= 0.6 is 0 Å². The molecule has 1 aliphatic carbocycles. The fourth-order valence-electron chi connectivity index (χ4n) is 1.39. The van der Waals surface area contributed by atoms with E-state index in [4.69, 9.17) is 4.84 Å². The normalized spacial score (nSPS) is 29.3. The zero-order valence-corrected chi connectivity index (χ0v) is 6.11. The van der Waals surface area contributed by atoms with Gasteiger partial charge in [-0.05, 0) is 6.08 Å². The number of nitrogens with zero attached hydrogens (tertiary/aromatic N) is 2. The second-order valence-electron chi connectivity index (χ2n) is 2.65. The van der Waals surface area contributed by atoms with Crippen LogP contribution in [0.5, 0.6) is 0 Å². The summed E-state index contributed by atoms with van der Waals surface area (Å²) in [6, 6.07) is 0.0467. The standard InChI is InChI=1S/C7H6N4O/c1-2-5-7(12-11-10-5)6-4(1)8-3-9-6/h1-4,10-11H. The van der Waals surface area contributed by atoms with Gasteiger partial charge in [0.25, 0.3) is 0 Å². The number of hydrazine groups is 1. The van der Waals surface area contributed by atoms with Crippen LogP contribution in [0.1, 0.15) is 0 Å². The van der Waals surface area contributed by atoms with Crippen LogP contribution in [0.2, 0.25) is 0 Å². The summed E-state index contributed by atoms with van der Waals surface area (Å²) < 4.78 is 0. The second kappa shape index (κ2) is 1.95. The summed E-state index contributed by atoms with van der Waals surface area (Å²) in [5, 5.41) is 0. The number of hydrogen-bond acceptors (Lipinski definition) is 5. The van der Waals surface area contributed by atoms with Crippen LogP contribution in [0.3, 0.4) is 0 Å². The van der Waals surface area contributed by atoms with Crippen molar-refractivity contribution in [1.29, 1.82) is 0 Å². The van der Waals surface area contributed by atoms with Gasteiger partial charge in [0.05, 0.1) is 5.70 Å². The molecule has 0 bridgehead atoms. The van der Waals surface area contributed by atoms with Crippen LogP contribution in [0.4, 0.5) is 0 Å². The zero-order chi connectivity index (χ0) is 7.97. The van der Waals surface area contributed by atoms with Crippen molar-refractivity contribution in [3.05, 3.63) is 23.6 Å². The predicted molar refractivity (Wildman–Crippen MR) is 43.2 cm³/mol. The van der Waals surface area contributed by atoms with Crippen molar-refractivity contribution in [3.8, 4) is 0 Å². The first kappa shape index (κ1) is 5.96. The van der Waals surface area contributed by atoms with Crippen LogP contribution in [-0.2, 0) is 4.84 Å². The first-order valence-corrected chi connectivity index (χ1v) is 3.65. The average molecular weight is 162 g/mol. The van der Waals surface area contributed by atoms with E-state index in [9.17, 15) is 0 Å². The van der Waals surface area contributed by atoms with Gasteiger partial charge in [0.1, 0.15) is 18.1 Å². The molecule has 0 aromatic carbocycles. The van der Waals surface area contributed by atoms with Crippen LogP contribution in [0.15, 0.2) is 33.6 Å². The molecule has 1 unspecified atom stereocenters. The van der Waals surface area contributed by atoms with E-state index in [2.05, 4.69) is 21.0 Å². The van der Waals surface area contributed by atoms with E-state index in [0.717, 1.165) is 17.2 Å². The minimum absolute atomic E-state index is 0.0467. The molecule has 0 aromatic heterocycles. The Morgan fingerprint density at radius 1 is 1.50 bits per heavy atom. The van der Waals surface area contributed by atoms with Crippen molar-refractivity contribution in [2.24, 2.45) is 9.98 Å². The van der Waals surface area contributed by atoms with Gasteiger partial charge in [0.15, 0.2) is 5.76 Å². The van der Waals surface area contributed by atoms with Crippen molar-refractivity contribution in [2.45, 2.75) is 6.04 Å². The molecule has 2 heterocycles. The van der Waals surface area contributed by atoms with Crippen molar-refractivity contribution in [3.63, 3.8) is 0 Å². The Hall–Kier alpha value is -1.62. The molecule has 60 valence electrons. The van der Waals surface area contributed by atoms with E-state index in [0.29, 0.717) is 0 Å². The number of nitrogens with one attached hydrogen (secondary N) is 2. The molecule has 2 aliphatic heterocycles. The third-order valence-electron chi connectivity index (χ3n) is 1.97. The molecule has 0 fully saturated rings. The predicted octanol–water partition coefficient (Wildman–Crippen LogP) is -0.341. The number of allylic oxidation sites excluding steroid dienone is 1. The van der Waals surface area contributed by atoms with Crippen molar-refractivity contribution >= 4 is 12.1 Å². The molecule has 0 amide bonds. The SMILES string of the molecule is C1=CC2N=CN=C2C2=C1NNO2. The maximum absolute atomic E-state index is 5.13. The lowest BCUT2D eigenvalue weighted by molar-refractivity contribution is 0.124. The van der Waals surface area contributed by atoms with Gasteiger partial charge in [-0.15, -0.1) is 0 Å². The lowest BCUT2D eigenvalue weighted by Crippen LogP contribution is -2.21. The molecule has 0 saturated heterocycles. The maximum atomic E-state index is 5.13. The van der Waals surface area contributed by atoms with Crippen LogP contribution in [-0.4, -0.2) is 18.1 Å². The second-order valence-corrected chi connectivity index (χ2v) is 2.65. The molecular formula is C7H6N4O. The Morgan fingerprint density at radius 3 is 3.50 bits per heavy atom. The van der Waals surface area contributed by atoms with Gasteiger partial charge in [0.2, 0.25) is 0 Å². The van der Waals surface area contributed by atoms with Gasteiger partial charge in [-0.25, -0.2) is 4.99 Å². The summed E-state index contributed by atoms with van der Waals surface area (Å²) in [6.07, 6.45) is 5.47. The topological polar surface area (TPSA) is 58.0 Å². The van der Waals surface area contributed by atoms with E-state index in [1.54, 1.807) is 6.34 Å². The van der Waals surface area contributed by atoms with Crippen molar-refractivity contribution in [1.82, 2.24) is 11.0 Å². The van der Waals surface area contributed by atoms with Gasteiger partial charge in [-0.2, -0.15) is 0 Å². The Morgan fingerprint density at radius 2 is 2.50 bits per heavy atom. The van der Waals surface area contributed by atoms with E-state index in [1.165, 1.54) is 0 Å². The molecule has 2 N–H and O–H groups in total. The van der Waals surface area contributed by atoms with Gasteiger partial charge >= 0.3 is 0 Å². The molecule has 1 atom stereocenters. The molecule has 3 rings (SSSR count). The van der Waals surface area contributed by atoms with Crippen LogP contribution in [0, 0.1) is 0 Å².